The molecule has 0 aliphatic heterocycles. The van der Waals surface area contributed by atoms with Crippen molar-refractivity contribution in [3.8, 4) is 11.4 Å². The van der Waals surface area contributed by atoms with E-state index in [0.717, 1.165) is 35.3 Å². The minimum atomic E-state index is -0.0649. The molecule has 1 aromatic carbocycles. The maximum absolute atomic E-state index is 12.5. The van der Waals surface area contributed by atoms with Gasteiger partial charge in [-0.3, -0.25) is 9.36 Å². The van der Waals surface area contributed by atoms with Gasteiger partial charge < -0.3 is 10.1 Å². The van der Waals surface area contributed by atoms with Gasteiger partial charge in [0.25, 0.3) is 0 Å². The first-order chi connectivity index (χ1) is 13.7. The molecule has 8 heteroatoms. The summed E-state index contributed by atoms with van der Waals surface area (Å²) in [6, 6.07) is 10.00. The molecular weight excluding hydrogens is 374 g/mol. The number of carbonyl (C=O) groups is 1. The summed E-state index contributed by atoms with van der Waals surface area (Å²) in [5.74, 6) is 1.76. The molecule has 0 unspecified atom stereocenters. The summed E-state index contributed by atoms with van der Waals surface area (Å²) >= 11 is 1.40. The molecule has 0 spiro atoms. The molecule has 1 aliphatic carbocycles. The Kier molecular flexibility index (Phi) is 5.66. The predicted octanol–water partition coefficient (Wildman–Crippen LogP) is 3.92. The Morgan fingerprint density at radius 3 is 2.96 bits per heavy atom. The van der Waals surface area contributed by atoms with Gasteiger partial charge >= 0.3 is 0 Å². The lowest BCUT2D eigenvalue weighted by molar-refractivity contribution is -0.113. The van der Waals surface area contributed by atoms with Gasteiger partial charge in [0.1, 0.15) is 11.6 Å². The molecule has 1 fully saturated rings. The van der Waals surface area contributed by atoms with Crippen molar-refractivity contribution in [2.75, 3.05) is 18.2 Å². The highest BCUT2D eigenvalue weighted by molar-refractivity contribution is 7.99. The van der Waals surface area contributed by atoms with Crippen LogP contribution in [0.1, 0.15) is 31.7 Å². The van der Waals surface area contributed by atoms with E-state index in [4.69, 9.17) is 4.74 Å². The molecule has 1 amide bonds. The summed E-state index contributed by atoms with van der Waals surface area (Å²) in [4.78, 5) is 16.9. The molecule has 146 valence electrons. The molecule has 1 saturated carbocycles. The molecular formula is C20H23N5O2S. The molecule has 7 nitrogen and oxygen atoms in total. The summed E-state index contributed by atoms with van der Waals surface area (Å²) in [6.45, 7) is 0. The Morgan fingerprint density at radius 2 is 2.14 bits per heavy atom. The third-order valence-corrected chi connectivity index (χ3v) is 5.85. The lowest BCUT2D eigenvalue weighted by Crippen LogP contribution is -2.19. The highest BCUT2D eigenvalue weighted by atomic mass is 32.2. The van der Waals surface area contributed by atoms with E-state index in [9.17, 15) is 4.79 Å². The van der Waals surface area contributed by atoms with Crippen molar-refractivity contribution in [2.24, 2.45) is 0 Å². The Balaban J connectivity index is 1.40. The number of ether oxygens (including phenoxy) is 1. The van der Waals surface area contributed by atoms with Crippen LogP contribution >= 0.6 is 11.8 Å². The molecule has 0 saturated heterocycles. The number of thioether (sulfide) groups is 1. The number of amides is 1. The highest BCUT2D eigenvalue weighted by Gasteiger charge is 2.20. The van der Waals surface area contributed by atoms with Gasteiger partial charge in [0, 0.05) is 24.5 Å². The third kappa shape index (κ3) is 4.06. The van der Waals surface area contributed by atoms with Crippen molar-refractivity contribution in [1.29, 1.82) is 0 Å². The van der Waals surface area contributed by atoms with Crippen LogP contribution in [0.3, 0.4) is 0 Å². The molecule has 0 bridgehead atoms. The minimum Gasteiger partial charge on any atom is -0.497 e. The standard InChI is InChI=1S/C20H23N5O2S/c1-27-17-8-4-7-16(13-17)24-12-11-21-20(24)28-14-19(26)23-18-9-10-22-25(18)15-5-2-3-6-15/h4,7-13,15H,2-3,5-6,14H2,1H3,(H,23,26). The second-order valence-electron chi connectivity index (χ2n) is 6.72. The average molecular weight is 398 g/mol. The number of rotatable bonds is 7. The van der Waals surface area contributed by atoms with E-state index in [1.165, 1.54) is 24.6 Å². The van der Waals surface area contributed by atoms with Crippen molar-refractivity contribution < 1.29 is 9.53 Å². The van der Waals surface area contributed by atoms with Crippen LogP contribution in [-0.2, 0) is 4.79 Å². The number of methoxy groups -OCH3 is 1. The molecule has 28 heavy (non-hydrogen) atoms. The van der Waals surface area contributed by atoms with Crippen LogP contribution < -0.4 is 10.1 Å². The smallest absolute Gasteiger partial charge is 0.235 e. The van der Waals surface area contributed by atoms with Crippen LogP contribution in [0.25, 0.3) is 5.69 Å². The molecule has 2 aromatic heterocycles. The van der Waals surface area contributed by atoms with Crippen molar-refractivity contribution >= 4 is 23.5 Å². The monoisotopic (exact) mass is 397 g/mol. The van der Waals surface area contributed by atoms with Crippen molar-refractivity contribution in [3.05, 3.63) is 48.9 Å². The normalized spacial score (nSPS) is 14.3. The van der Waals surface area contributed by atoms with Gasteiger partial charge in [-0.15, -0.1) is 0 Å². The molecule has 1 aliphatic rings. The molecule has 3 aromatic rings. The fourth-order valence-electron chi connectivity index (χ4n) is 3.52. The molecule has 0 radical (unpaired) electrons. The van der Waals surface area contributed by atoms with Crippen LogP contribution in [0.5, 0.6) is 5.75 Å². The first-order valence-corrected chi connectivity index (χ1v) is 10.4. The second kappa shape index (κ2) is 8.52. The number of hydrogen-bond donors (Lipinski definition) is 1. The summed E-state index contributed by atoms with van der Waals surface area (Å²) in [5, 5.41) is 8.15. The summed E-state index contributed by atoms with van der Waals surface area (Å²) in [5.41, 5.74) is 0.944. The van der Waals surface area contributed by atoms with Gasteiger partial charge in [-0.25, -0.2) is 9.67 Å². The maximum atomic E-state index is 12.5. The molecule has 2 heterocycles. The van der Waals surface area contributed by atoms with E-state index >= 15 is 0 Å². The van der Waals surface area contributed by atoms with Gasteiger partial charge in [0.15, 0.2) is 5.16 Å². The Morgan fingerprint density at radius 1 is 1.29 bits per heavy atom. The maximum Gasteiger partial charge on any atom is 0.235 e. The quantitative estimate of drug-likeness (QED) is 0.612. The van der Waals surface area contributed by atoms with E-state index in [1.54, 1.807) is 19.5 Å². The van der Waals surface area contributed by atoms with Gasteiger partial charge in [-0.2, -0.15) is 5.10 Å². The van der Waals surface area contributed by atoms with Crippen LogP contribution in [0.4, 0.5) is 5.82 Å². The van der Waals surface area contributed by atoms with Crippen molar-refractivity contribution in [1.82, 2.24) is 19.3 Å². The van der Waals surface area contributed by atoms with E-state index in [1.807, 2.05) is 45.8 Å². The van der Waals surface area contributed by atoms with E-state index in [2.05, 4.69) is 15.4 Å². The van der Waals surface area contributed by atoms with E-state index in [-0.39, 0.29) is 11.7 Å². The zero-order valence-corrected chi connectivity index (χ0v) is 16.6. The number of nitrogens with one attached hydrogen (secondary N) is 1. The number of imidazole rings is 1. The SMILES string of the molecule is COc1cccc(-n2ccnc2SCC(=O)Nc2ccnn2C2CCCC2)c1. The van der Waals surface area contributed by atoms with Crippen molar-refractivity contribution in [3.63, 3.8) is 0 Å². The fraction of sp³-hybridized carbons (Fsp3) is 0.350. The second-order valence-corrected chi connectivity index (χ2v) is 7.66. The number of benzene rings is 1. The van der Waals surface area contributed by atoms with Gasteiger partial charge in [0.05, 0.1) is 30.8 Å². The average Bonchev–Trinajstić information content (AvgIpc) is 3.47. The minimum absolute atomic E-state index is 0.0649. The number of aromatic nitrogens is 4. The Hall–Kier alpha value is -2.74. The van der Waals surface area contributed by atoms with Crippen LogP contribution in [0.15, 0.2) is 54.1 Å². The molecule has 0 atom stereocenters. The zero-order chi connectivity index (χ0) is 19.3. The lowest BCUT2D eigenvalue weighted by Gasteiger charge is -2.14. The lowest BCUT2D eigenvalue weighted by atomic mass is 10.2. The van der Waals surface area contributed by atoms with Gasteiger partial charge in [-0.05, 0) is 25.0 Å². The number of anilines is 1. The summed E-state index contributed by atoms with van der Waals surface area (Å²) in [6.07, 6.45) is 10.0. The molecule has 1 N–H and O–H groups in total. The van der Waals surface area contributed by atoms with E-state index < -0.39 is 0 Å². The predicted molar refractivity (Wildman–Crippen MR) is 109 cm³/mol. The summed E-state index contributed by atoms with van der Waals surface area (Å²) < 4.78 is 9.19. The number of carbonyl (C=O) groups excluding carboxylic acids is 1. The van der Waals surface area contributed by atoms with Crippen LogP contribution in [0.2, 0.25) is 0 Å². The van der Waals surface area contributed by atoms with Crippen LogP contribution in [0, 0.1) is 0 Å². The summed E-state index contributed by atoms with van der Waals surface area (Å²) in [7, 11) is 1.64. The zero-order valence-electron chi connectivity index (χ0n) is 15.7. The largest absolute Gasteiger partial charge is 0.497 e. The highest BCUT2D eigenvalue weighted by Crippen LogP contribution is 2.31. The Bertz CT molecular complexity index is 945. The van der Waals surface area contributed by atoms with Gasteiger partial charge in [-0.1, -0.05) is 30.7 Å². The van der Waals surface area contributed by atoms with Crippen LogP contribution in [-0.4, -0.2) is 38.1 Å². The fourth-order valence-corrected chi connectivity index (χ4v) is 4.29. The van der Waals surface area contributed by atoms with E-state index in [0.29, 0.717) is 6.04 Å². The number of hydrogen-bond acceptors (Lipinski definition) is 5. The first-order valence-electron chi connectivity index (χ1n) is 9.38. The third-order valence-electron chi connectivity index (χ3n) is 4.88. The topological polar surface area (TPSA) is 74.0 Å². The van der Waals surface area contributed by atoms with Gasteiger partial charge in [0.2, 0.25) is 5.91 Å². The number of nitrogens with zero attached hydrogens (tertiary/aromatic N) is 4. The van der Waals surface area contributed by atoms with Crippen molar-refractivity contribution in [2.45, 2.75) is 36.9 Å². The Labute approximate surface area is 168 Å². The molecule has 4 rings (SSSR count). The first kappa shape index (κ1) is 18.6.